The van der Waals surface area contributed by atoms with E-state index in [2.05, 4.69) is 0 Å². The average Bonchev–Trinajstić information content (AvgIpc) is 2.18. The van der Waals surface area contributed by atoms with Crippen molar-refractivity contribution in [3.63, 3.8) is 0 Å². The van der Waals surface area contributed by atoms with Crippen molar-refractivity contribution >= 4 is 11.4 Å². The number of hydrogen-bond donors (Lipinski definition) is 0. The van der Waals surface area contributed by atoms with Crippen molar-refractivity contribution in [2.75, 3.05) is 6.61 Å². The summed E-state index contributed by atoms with van der Waals surface area (Å²) in [5, 5.41) is 0. The summed E-state index contributed by atoms with van der Waals surface area (Å²) in [6.07, 6.45) is -0.599. The summed E-state index contributed by atoms with van der Waals surface area (Å²) < 4.78 is 34.0. The van der Waals surface area contributed by atoms with Crippen LogP contribution < -0.4 is 0 Å². The molecule has 0 aromatic heterocycles. The molecule has 0 heterocycles. The van der Waals surface area contributed by atoms with E-state index in [-0.39, 0.29) is 12.4 Å². The molecule has 0 aliphatic heterocycles. The zero-order valence-electron chi connectivity index (χ0n) is 8.60. The Balaban J connectivity index is 2.65. The summed E-state index contributed by atoms with van der Waals surface area (Å²) in [5.41, 5.74) is 0.366. The molecule has 0 saturated carbocycles. The van der Waals surface area contributed by atoms with Gasteiger partial charge in [0.25, 0.3) is 0 Å². The normalized spacial score (nSPS) is 14.9. The lowest BCUT2D eigenvalue weighted by Gasteiger charge is -2.11. The molecule has 15 heavy (non-hydrogen) atoms. The smallest absolute Gasteiger partial charge is 0.269 e. The Morgan fingerprint density at radius 1 is 1.47 bits per heavy atom. The Kier molecular flexibility index (Phi) is 4.87. The fraction of sp³-hybridized carbons (Fsp3) is 0.400. The summed E-state index contributed by atoms with van der Waals surface area (Å²) in [6, 6.07) is 6.20. The first-order valence-corrected chi connectivity index (χ1v) is 5.61. The van der Waals surface area contributed by atoms with E-state index in [0.29, 0.717) is 5.56 Å². The van der Waals surface area contributed by atoms with E-state index in [9.17, 15) is 8.60 Å². The fourth-order valence-corrected chi connectivity index (χ4v) is 1.69. The third-order valence-electron chi connectivity index (χ3n) is 1.78. The van der Waals surface area contributed by atoms with Crippen LogP contribution in [-0.2, 0) is 19.7 Å². The highest BCUT2D eigenvalue weighted by Crippen LogP contribution is 2.20. The van der Waals surface area contributed by atoms with Gasteiger partial charge in [0.15, 0.2) is 0 Å². The molecule has 0 fully saturated rings. The van der Waals surface area contributed by atoms with Crippen molar-refractivity contribution in [1.82, 2.24) is 0 Å². The molecule has 0 saturated heterocycles. The van der Waals surface area contributed by atoms with Crippen LogP contribution >= 0.6 is 0 Å². The van der Waals surface area contributed by atoms with Crippen LogP contribution in [0.2, 0.25) is 0 Å². The third kappa shape index (κ3) is 3.70. The van der Waals surface area contributed by atoms with Gasteiger partial charge >= 0.3 is 11.4 Å². The van der Waals surface area contributed by atoms with Gasteiger partial charge in [-0.1, -0.05) is 18.2 Å². The van der Waals surface area contributed by atoms with Gasteiger partial charge in [0.05, 0.1) is 6.61 Å². The molecule has 1 aromatic carbocycles. The molecule has 84 valence electrons. The van der Waals surface area contributed by atoms with E-state index in [4.69, 9.17) is 8.37 Å². The Labute approximate surface area is 91.1 Å². The minimum atomic E-state index is -1.83. The van der Waals surface area contributed by atoms with Crippen molar-refractivity contribution in [3.8, 4) is 0 Å². The molecule has 0 aliphatic rings. The van der Waals surface area contributed by atoms with E-state index in [1.54, 1.807) is 32.0 Å². The second kappa shape index (κ2) is 5.95. The average molecular weight is 232 g/mol. The van der Waals surface area contributed by atoms with Crippen LogP contribution in [0.5, 0.6) is 0 Å². The number of hydrogen-bond acceptors (Lipinski definition) is 3. The van der Waals surface area contributed by atoms with Crippen molar-refractivity contribution < 1.29 is 17.0 Å². The molecule has 5 heteroatoms. The van der Waals surface area contributed by atoms with Gasteiger partial charge in [0.1, 0.15) is 11.9 Å². The maximum absolute atomic E-state index is 13.3. The predicted octanol–water partition coefficient (Wildman–Crippen LogP) is 2.52. The zero-order chi connectivity index (χ0) is 11.3. The van der Waals surface area contributed by atoms with Gasteiger partial charge < -0.3 is 0 Å². The quantitative estimate of drug-likeness (QED) is 0.782. The zero-order valence-corrected chi connectivity index (χ0v) is 9.42. The highest BCUT2D eigenvalue weighted by atomic mass is 32.2. The maximum Gasteiger partial charge on any atom is 0.305 e. The van der Waals surface area contributed by atoms with E-state index in [0.717, 1.165) is 0 Å². The minimum Gasteiger partial charge on any atom is -0.269 e. The lowest BCUT2D eigenvalue weighted by Crippen LogP contribution is -2.07. The molecule has 0 N–H and O–H groups in total. The summed E-state index contributed by atoms with van der Waals surface area (Å²) in [5.74, 6) is -0.376. The van der Waals surface area contributed by atoms with Crippen molar-refractivity contribution in [1.29, 1.82) is 0 Å². The van der Waals surface area contributed by atoms with Gasteiger partial charge in [-0.15, -0.1) is 0 Å². The highest BCUT2D eigenvalue weighted by Gasteiger charge is 2.14. The largest absolute Gasteiger partial charge is 0.305 e. The second-order valence-corrected chi connectivity index (χ2v) is 3.71. The monoisotopic (exact) mass is 232 g/mol. The van der Waals surface area contributed by atoms with Gasteiger partial charge in [-0.05, 0) is 19.9 Å². The van der Waals surface area contributed by atoms with Crippen LogP contribution in [0.15, 0.2) is 24.3 Å². The molecule has 3 nitrogen and oxygen atoms in total. The van der Waals surface area contributed by atoms with E-state index < -0.39 is 17.5 Å². The lowest BCUT2D eigenvalue weighted by atomic mass is 10.1. The van der Waals surface area contributed by atoms with E-state index in [1.807, 2.05) is 0 Å². The first-order valence-electron chi connectivity index (χ1n) is 4.61. The number of rotatable bonds is 5. The molecule has 0 radical (unpaired) electrons. The van der Waals surface area contributed by atoms with E-state index >= 15 is 0 Å². The molecule has 0 amide bonds. The van der Waals surface area contributed by atoms with E-state index in [1.165, 1.54) is 6.07 Å². The molecule has 0 spiro atoms. The van der Waals surface area contributed by atoms with Gasteiger partial charge in [-0.3, -0.25) is 8.37 Å². The summed E-state index contributed by atoms with van der Waals surface area (Å²) in [7, 11) is 0. The second-order valence-electron chi connectivity index (χ2n) is 2.87. The fourth-order valence-electron chi connectivity index (χ4n) is 1.10. The molecule has 2 atom stereocenters. The highest BCUT2D eigenvalue weighted by molar-refractivity contribution is 7.75. The minimum absolute atomic E-state index is 0.288. The van der Waals surface area contributed by atoms with Gasteiger partial charge in [0, 0.05) is 5.56 Å². The van der Waals surface area contributed by atoms with Crippen LogP contribution in [0.3, 0.4) is 0 Å². The molecule has 2 unspecified atom stereocenters. The Hall–Kier alpha value is -0.780. The van der Waals surface area contributed by atoms with Crippen LogP contribution in [0, 0.1) is 5.82 Å². The first kappa shape index (κ1) is 12.3. The van der Waals surface area contributed by atoms with Gasteiger partial charge in [0.2, 0.25) is 0 Å². The standard InChI is InChI=1S/C10H13FO3S/c1-3-13-15(12)14-8(2)9-6-4-5-7-10(9)11/h4-8H,3H2,1-2H3. The summed E-state index contributed by atoms with van der Waals surface area (Å²) in [4.78, 5) is 0. The SMILES string of the molecule is CCOS(=O)OC(C)c1ccccc1F. The predicted molar refractivity (Wildman–Crippen MR) is 55.7 cm³/mol. The topological polar surface area (TPSA) is 35.5 Å². The molecule has 0 bridgehead atoms. The molecular weight excluding hydrogens is 219 g/mol. The number of benzene rings is 1. The Morgan fingerprint density at radius 2 is 2.13 bits per heavy atom. The molecule has 1 aromatic rings. The maximum atomic E-state index is 13.3. The Bertz CT molecular complexity index is 343. The van der Waals surface area contributed by atoms with Crippen molar-refractivity contribution in [2.45, 2.75) is 20.0 Å². The molecule has 0 aliphatic carbocycles. The van der Waals surface area contributed by atoms with Crippen molar-refractivity contribution in [3.05, 3.63) is 35.6 Å². The first-order chi connectivity index (χ1) is 7.15. The van der Waals surface area contributed by atoms with Crippen LogP contribution in [-0.4, -0.2) is 10.8 Å². The van der Waals surface area contributed by atoms with Crippen molar-refractivity contribution in [2.24, 2.45) is 0 Å². The number of halogens is 1. The summed E-state index contributed by atoms with van der Waals surface area (Å²) in [6.45, 7) is 3.61. The van der Waals surface area contributed by atoms with Gasteiger partial charge in [-0.25, -0.2) is 4.39 Å². The third-order valence-corrected chi connectivity index (χ3v) is 2.65. The van der Waals surface area contributed by atoms with Gasteiger partial charge in [-0.2, -0.15) is 4.21 Å². The Morgan fingerprint density at radius 3 is 2.73 bits per heavy atom. The summed E-state index contributed by atoms with van der Waals surface area (Å²) >= 11 is -1.83. The van der Waals surface area contributed by atoms with Crippen LogP contribution in [0.4, 0.5) is 4.39 Å². The van der Waals surface area contributed by atoms with Crippen LogP contribution in [0.25, 0.3) is 0 Å². The molecule has 1 rings (SSSR count). The molecular formula is C10H13FO3S. The van der Waals surface area contributed by atoms with Crippen LogP contribution in [0.1, 0.15) is 25.5 Å². The lowest BCUT2D eigenvalue weighted by molar-refractivity contribution is 0.198.